The topological polar surface area (TPSA) is 15.3 Å². The third-order valence-electron chi connectivity index (χ3n) is 4.00. The van der Waals surface area contributed by atoms with Gasteiger partial charge >= 0.3 is 0 Å². The average molecular weight is 210 g/mol. The molecule has 0 aromatic rings. The van der Waals surface area contributed by atoms with Crippen molar-refractivity contribution in [2.75, 3.05) is 19.8 Å². The fraction of sp³-hybridized carbons (Fsp3) is 1.00. The first-order chi connectivity index (χ1) is 7.25. The summed E-state index contributed by atoms with van der Waals surface area (Å²) >= 11 is 0. The van der Waals surface area contributed by atoms with Crippen molar-refractivity contribution in [1.82, 2.24) is 10.2 Å². The number of hydrogen-bond acceptors (Lipinski definition) is 2. The molecule has 0 aromatic heterocycles. The molecule has 0 aromatic carbocycles. The van der Waals surface area contributed by atoms with Crippen LogP contribution < -0.4 is 5.32 Å². The zero-order valence-corrected chi connectivity index (χ0v) is 10.3. The summed E-state index contributed by atoms with van der Waals surface area (Å²) in [7, 11) is 0. The molecule has 88 valence electrons. The lowest BCUT2D eigenvalue weighted by molar-refractivity contribution is 0.0940. The van der Waals surface area contributed by atoms with Crippen LogP contribution in [0.2, 0.25) is 0 Å². The van der Waals surface area contributed by atoms with Crippen molar-refractivity contribution >= 4 is 0 Å². The van der Waals surface area contributed by atoms with Gasteiger partial charge in [-0.05, 0) is 37.6 Å². The molecule has 1 aliphatic heterocycles. The number of nitrogens with zero attached hydrogens (tertiary/aromatic N) is 1. The molecule has 2 nitrogen and oxygen atoms in total. The summed E-state index contributed by atoms with van der Waals surface area (Å²) in [5, 5.41) is 3.72. The maximum absolute atomic E-state index is 3.72. The molecular weight excluding hydrogens is 184 g/mol. The molecule has 1 saturated carbocycles. The molecule has 0 radical (unpaired) electrons. The molecule has 2 unspecified atom stereocenters. The Morgan fingerprint density at radius 1 is 1.27 bits per heavy atom. The van der Waals surface area contributed by atoms with Crippen molar-refractivity contribution in [1.29, 1.82) is 0 Å². The molecule has 1 saturated heterocycles. The summed E-state index contributed by atoms with van der Waals surface area (Å²) in [4.78, 5) is 2.62. The summed E-state index contributed by atoms with van der Waals surface area (Å²) in [6, 6.07) is 0.842. The number of rotatable bonds is 3. The Balaban J connectivity index is 1.75. The van der Waals surface area contributed by atoms with E-state index in [9.17, 15) is 0 Å². The fourth-order valence-corrected chi connectivity index (χ4v) is 2.95. The van der Waals surface area contributed by atoms with Gasteiger partial charge in [-0.25, -0.2) is 0 Å². The monoisotopic (exact) mass is 210 g/mol. The molecule has 1 N–H and O–H groups in total. The van der Waals surface area contributed by atoms with E-state index >= 15 is 0 Å². The highest BCUT2D eigenvalue weighted by atomic mass is 15.3. The first-order valence-corrected chi connectivity index (χ1v) is 6.71. The Hall–Kier alpha value is -0.0800. The molecule has 0 spiro atoms. The fourth-order valence-electron chi connectivity index (χ4n) is 2.95. The zero-order chi connectivity index (χ0) is 10.7. The van der Waals surface area contributed by atoms with Crippen molar-refractivity contribution in [3.05, 3.63) is 0 Å². The van der Waals surface area contributed by atoms with Crippen molar-refractivity contribution in [2.24, 2.45) is 11.8 Å². The van der Waals surface area contributed by atoms with Crippen LogP contribution in [0.15, 0.2) is 0 Å². The summed E-state index contributed by atoms with van der Waals surface area (Å²) in [5.74, 6) is 1.79. The van der Waals surface area contributed by atoms with Gasteiger partial charge in [0.15, 0.2) is 0 Å². The van der Waals surface area contributed by atoms with Crippen LogP contribution in [0.3, 0.4) is 0 Å². The van der Waals surface area contributed by atoms with Crippen LogP contribution >= 0.6 is 0 Å². The van der Waals surface area contributed by atoms with E-state index in [1.807, 2.05) is 0 Å². The lowest BCUT2D eigenvalue weighted by Gasteiger charge is -2.42. The van der Waals surface area contributed by atoms with E-state index in [4.69, 9.17) is 0 Å². The second-order valence-electron chi connectivity index (χ2n) is 5.77. The Morgan fingerprint density at radius 3 is 2.87 bits per heavy atom. The highest BCUT2D eigenvalue weighted by Gasteiger charge is 2.30. The highest BCUT2D eigenvalue weighted by Crippen LogP contribution is 2.27. The molecule has 15 heavy (non-hydrogen) atoms. The normalized spacial score (nSPS) is 33.0. The smallest absolute Gasteiger partial charge is 0.0482 e. The molecule has 1 heterocycles. The van der Waals surface area contributed by atoms with Gasteiger partial charge < -0.3 is 5.32 Å². The molecule has 2 rings (SSSR count). The quantitative estimate of drug-likeness (QED) is 0.770. The van der Waals surface area contributed by atoms with Gasteiger partial charge in [-0.2, -0.15) is 0 Å². The SMILES string of the molecule is CC(C)CCN1CNC2CCCCC2C1. The molecule has 2 heteroatoms. The van der Waals surface area contributed by atoms with Crippen molar-refractivity contribution in [3.8, 4) is 0 Å². The van der Waals surface area contributed by atoms with E-state index in [0.717, 1.165) is 24.5 Å². The van der Waals surface area contributed by atoms with Crippen molar-refractivity contribution in [2.45, 2.75) is 52.0 Å². The Labute approximate surface area is 94.4 Å². The van der Waals surface area contributed by atoms with Crippen molar-refractivity contribution in [3.63, 3.8) is 0 Å². The van der Waals surface area contributed by atoms with Crippen LogP contribution in [0.4, 0.5) is 0 Å². The van der Waals surface area contributed by atoms with Crippen molar-refractivity contribution < 1.29 is 0 Å². The third-order valence-corrected chi connectivity index (χ3v) is 4.00. The standard InChI is InChI=1S/C13H26N2/c1-11(2)7-8-15-9-12-5-3-4-6-13(12)14-10-15/h11-14H,3-10H2,1-2H3. The van der Waals surface area contributed by atoms with Gasteiger partial charge in [-0.15, -0.1) is 0 Å². The summed E-state index contributed by atoms with van der Waals surface area (Å²) < 4.78 is 0. The van der Waals surface area contributed by atoms with Gasteiger partial charge in [0.05, 0.1) is 0 Å². The first kappa shape index (κ1) is 11.4. The van der Waals surface area contributed by atoms with E-state index in [2.05, 4.69) is 24.1 Å². The van der Waals surface area contributed by atoms with Crippen LogP contribution in [-0.4, -0.2) is 30.7 Å². The van der Waals surface area contributed by atoms with E-state index < -0.39 is 0 Å². The van der Waals surface area contributed by atoms with Crippen LogP contribution in [0.5, 0.6) is 0 Å². The average Bonchev–Trinajstić information content (AvgIpc) is 2.26. The maximum atomic E-state index is 3.72. The van der Waals surface area contributed by atoms with Gasteiger partial charge in [-0.1, -0.05) is 26.7 Å². The minimum absolute atomic E-state index is 0.842. The molecule has 0 amide bonds. The Bertz CT molecular complexity index is 191. The first-order valence-electron chi connectivity index (χ1n) is 6.71. The molecule has 2 aliphatic rings. The van der Waals surface area contributed by atoms with E-state index in [0.29, 0.717) is 0 Å². The van der Waals surface area contributed by atoms with E-state index in [1.165, 1.54) is 45.2 Å². The van der Waals surface area contributed by atoms with Gasteiger partial charge in [0.25, 0.3) is 0 Å². The molecule has 0 bridgehead atoms. The van der Waals surface area contributed by atoms with Crippen LogP contribution in [-0.2, 0) is 0 Å². The minimum atomic E-state index is 0.842. The lowest BCUT2D eigenvalue weighted by Crippen LogP contribution is -2.54. The van der Waals surface area contributed by atoms with Crippen LogP contribution in [0, 0.1) is 11.8 Å². The van der Waals surface area contributed by atoms with E-state index in [1.54, 1.807) is 0 Å². The molecule has 2 atom stereocenters. The number of fused-ring (bicyclic) bond motifs is 1. The summed E-state index contributed by atoms with van der Waals surface area (Å²) in [6.45, 7) is 8.41. The predicted molar refractivity (Wildman–Crippen MR) is 64.8 cm³/mol. The molecule has 1 aliphatic carbocycles. The lowest BCUT2D eigenvalue weighted by atomic mass is 9.83. The largest absolute Gasteiger partial charge is 0.301 e. The molecular formula is C13H26N2. The predicted octanol–water partition coefficient (Wildman–Crippen LogP) is 2.45. The highest BCUT2D eigenvalue weighted by molar-refractivity contribution is 4.86. The van der Waals surface area contributed by atoms with Gasteiger partial charge in [0, 0.05) is 19.3 Å². The van der Waals surface area contributed by atoms with Gasteiger partial charge in [-0.3, -0.25) is 4.90 Å². The maximum Gasteiger partial charge on any atom is 0.0482 e. The Morgan fingerprint density at radius 2 is 2.07 bits per heavy atom. The summed E-state index contributed by atoms with van der Waals surface area (Å²) in [5.41, 5.74) is 0. The van der Waals surface area contributed by atoms with Crippen LogP contribution in [0.1, 0.15) is 46.0 Å². The number of nitrogens with one attached hydrogen (secondary N) is 1. The zero-order valence-electron chi connectivity index (χ0n) is 10.3. The second kappa shape index (κ2) is 5.31. The third kappa shape index (κ3) is 3.18. The van der Waals surface area contributed by atoms with Gasteiger partial charge in [0.2, 0.25) is 0 Å². The second-order valence-corrected chi connectivity index (χ2v) is 5.77. The number of hydrogen-bond donors (Lipinski definition) is 1. The Kier molecular flexibility index (Phi) is 4.04. The minimum Gasteiger partial charge on any atom is -0.301 e. The van der Waals surface area contributed by atoms with E-state index in [-0.39, 0.29) is 0 Å². The van der Waals surface area contributed by atoms with Crippen LogP contribution in [0.25, 0.3) is 0 Å². The molecule has 2 fully saturated rings. The summed E-state index contributed by atoms with van der Waals surface area (Å²) in [6.07, 6.45) is 7.12. The van der Waals surface area contributed by atoms with Gasteiger partial charge in [0.1, 0.15) is 0 Å².